The predicted molar refractivity (Wildman–Crippen MR) is 59.4 cm³/mol. The molecule has 1 aromatic rings. The summed E-state index contributed by atoms with van der Waals surface area (Å²) in [4.78, 5) is 2.31. The number of hydrogen-bond acceptors (Lipinski definition) is 3. The summed E-state index contributed by atoms with van der Waals surface area (Å²) in [5, 5.41) is 8.74. The number of benzene rings is 1. The van der Waals surface area contributed by atoms with Crippen molar-refractivity contribution in [2.45, 2.75) is 12.8 Å². The molecule has 0 unspecified atom stereocenters. The quantitative estimate of drug-likeness (QED) is 0.701. The van der Waals surface area contributed by atoms with Crippen molar-refractivity contribution >= 4 is 11.4 Å². The summed E-state index contributed by atoms with van der Waals surface area (Å²) in [5.41, 5.74) is 9.02. The first-order chi connectivity index (χ1) is 7.22. The van der Waals surface area contributed by atoms with Crippen molar-refractivity contribution in [3.05, 3.63) is 23.8 Å². The van der Waals surface area contributed by atoms with E-state index in [2.05, 4.69) is 11.0 Å². The molecule has 2 fully saturated rings. The van der Waals surface area contributed by atoms with Crippen molar-refractivity contribution in [3.8, 4) is 6.07 Å². The van der Waals surface area contributed by atoms with Crippen LogP contribution in [0.5, 0.6) is 0 Å². The van der Waals surface area contributed by atoms with Crippen molar-refractivity contribution in [2.24, 2.45) is 5.41 Å². The highest BCUT2D eigenvalue weighted by Gasteiger charge is 2.52. The van der Waals surface area contributed by atoms with Gasteiger partial charge in [0, 0.05) is 18.5 Å². The predicted octanol–water partition coefficient (Wildman–Crippen LogP) is 1.74. The van der Waals surface area contributed by atoms with Gasteiger partial charge in [-0.05, 0) is 31.0 Å². The molecule has 1 spiro atoms. The zero-order valence-corrected chi connectivity index (χ0v) is 8.53. The molecule has 3 rings (SSSR count). The lowest BCUT2D eigenvalue weighted by Gasteiger charge is -2.42. The number of nitrogens with zero attached hydrogens (tertiary/aromatic N) is 2. The fraction of sp³-hybridized carbons (Fsp3) is 0.417. The third-order valence-corrected chi connectivity index (χ3v) is 3.51. The SMILES string of the molecule is N#Cc1ccc(N2CC3(CC3)C2)c(N)c1. The molecule has 1 heterocycles. The monoisotopic (exact) mass is 199 g/mol. The smallest absolute Gasteiger partial charge is 0.0992 e. The lowest BCUT2D eigenvalue weighted by Crippen LogP contribution is -2.48. The molecule has 15 heavy (non-hydrogen) atoms. The minimum atomic E-state index is 0.637. The third kappa shape index (κ3) is 1.25. The lowest BCUT2D eigenvalue weighted by atomic mass is 9.95. The molecule has 1 saturated heterocycles. The summed E-state index contributed by atoms with van der Waals surface area (Å²) in [6, 6.07) is 7.66. The Hall–Kier alpha value is -1.69. The van der Waals surface area contributed by atoms with Gasteiger partial charge in [0.25, 0.3) is 0 Å². The zero-order chi connectivity index (χ0) is 10.5. The summed E-state index contributed by atoms with van der Waals surface area (Å²) in [6.45, 7) is 2.28. The van der Waals surface area contributed by atoms with E-state index in [1.165, 1.54) is 12.8 Å². The highest BCUT2D eigenvalue weighted by Crippen LogP contribution is 2.54. The Bertz CT molecular complexity index is 446. The lowest BCUT2D eigenvalue weighted by molar-refractivity contribution is 0.388. The van der Waals surface area contributed by atoms with E-state index in [0.717, 1.165) is 24.5 Å². The molecule has 0 aromatic heterocycles. The van der Waals surface area contributed by atoms with E-state index in [-0.39, 0.29) is 0 Å². The Morgan fingerprint density at radius 2 is 2.07 bits per heavy atom. The van der Waals surface area contributed by atoms with Crippen molar-refractivity contribution in [1.29, 1.82) is 5.26 Å². The fourth-order valence-corrected chi connectivity index (χ4v) is 2.34. The molecule has 1 aromatic carbocycles. The number of nitriles is 1. The molecule has 3 nitrogen and oxygen atoms in total. The summed E-state index contributed by atoms with van der Waals surface area (Å²) in [5.74, 6) is 0. The Morgan fingerprint density at radius 3 is 2.60 bits per heavy atom. The Morgan fingerprint density at radius 1 is 1.33 bits per heavy atom. The van der Waals surface area contributed by atoms with Gasteiger partial charge in [-0.2, -0.15) is 5.26 Å². The minimum Gasteiger partial charge on any atom is -0.397 e. The molecule has 76 valence electrons. The first-order valence-corrected chi connectivity index (χ1v) is 5.27. The largest absolute Gasteiger partial charge is 0.397 e. The van der Waals surface area contributed by atoms with Gasteiger partial charge in [-0.25, -0.2) is 0 Å². The summed E-state index contributed by atoms with van der Waals surface area (Å²) in [6.07, 6.45) is 2.75. The number of hydrogen-bond donors (Lipinski definition) is 1. The molecule has 1 aliphatic heterocycles. The molecule has 1 aliphatic carbocycles. The van der Waals surface area contributed by atoms with Crippen molar-refractivity contribution in [2.75, 3.05) is 23.7 Å². The van der Waals surface area contributed by atoms with Crippen LogP contribution in [-0.2, 0) is 0 Å². The zero-order valence-electron chi connectivity index (χ0n) is 8.53. The molecule has 0 bridgehead atoms. The van der Waals surface area contributed by atoms with Crippen LogP contribution in [0.1, 0.15) is 18.4 Å². The van der Waals surface area contributed by atoms with Crippen LogP contribution in [0.4, 0.5) is 11.4 Å². The van der Waals surface area contributed by atoms with Gasteiger partial charge >= 0.3 is 0 Å². The van der Waals surface area contributed by atoms with Crippen LogP contribution in [0.2, 0.25) is 0 Å². The van der Waals surface area contributed by atoms with E-state index < -0.39 is 0 Å². The summed E-state index contributed by atoms with van der Waals surface area (Å²) >= 11 is 0. The Labute approximate surface area is 89.1 Å². The van der Waals surface area contributed by atoms with E-state index in [4.69, 9.17) is 11.0 Å². The standard InChI is InChI=1S/C12H13N3/c13-6-9-1-2-11(10(14)5-9)15-7-12(8-15)3-4-12/h1-2,5H,3-4,7-8,14H2. The van der Waals surface area contributed by atoms with E-state index in [9.17, 15) is 0 Å². The van der Waals surface area contributed by atoms with E-state index in [1.807, 2.05) is 12.1 Å². The van der Waals surface area contributed by atoms with Crippen LogP contribution in [0, 0.1) is 16.7 Å². The summed E-state index contributed by atoms with van der Waals surface area (Å²) in [7, 11) is 0. The minimum absolute atomic E-state index is 0.637. The van der Waals surface area contributed by atoms with E-state index in [0.29, 0.717) is 11.0 Å². The highest BCUT2D eigenvalue weighted by molar-refractivity contribution is 5.71. The number of nitrogen functional groups attached to an aromatic ring is 1. The number of anilines is 2. The van der Waals surface area contributed by atoms with Gasteiger partial charge in [0.1, 0.15) is 0 Å². The van der Waals surface area contributed by atoms with Crippen LogP contribution >= 0.6 is 0 Å². The topological polar surface area (TPSA) is 53.0 Å². The molecule has 3 heteroatoms. The first kappa shape index (κ1) is 8.60. The molecular formula is C12H13N3. The maximum Gasteiger partial charge on any atom is 0.0992 e. The second-order valence-corrected chi connectivity index (χ2v) is 4.74. The molecule has 0 atom stereocenters. The van der Waals surface area contributed by atoms with Gasteiger partial charge in [-0.3, -0.25) is 0 Å². The second-order valence-electron chi connectivity index (χ2n) is 4.74. The average molecular weight is 199 g/mol. The Kier molecular flexibility index (Phi) is 1.53. The van der Waals surface area contributed by atoms with Crippen LogP contribution in [-0.4, -0.2) is 13.1 Å². The van der Waals surface area contributed by atoms with Crippen LogP contribution in [0.15, 0.2) is 18.2 Å². The molecule has 1 saturated carbocycles. The van der Waals surface area contributed by atoms with Crippen molar-refractivity contribution in [3.63, 3.8) is 0 Å². The molecular weight excluding hydrogens is 186 g/mol. The second kappa shape index (κ2) is 2.66. The normalized spacial score (nSPS) is 20.9. The molecule has 2 aliphatic rings. The van der Waals surface area contributed by atoms with Crippen molar-refractivity contribution in [1.82, 2.24) is 0 Å². The third-order valence-electron chi connectivity index (χ3n) is 3.51. The van der Waals surface area contributed by atoms with Gasteiger partial charge in [0.05, 0.1) is 23.0 Å². The molecule has 2 N–H and O–H groups in total. The first-order valence-electron chi connectivity index (χ1n) is 5.27. The van der Waals surface area contributed by atoms with Gasteiger partial charge in [-0.15, -0.1) is 0 Å². The van der Waals surface area contributed by atoms with E-state index in [1.54, 1.807) is 6.07 Å². The fourth-order valence-electron chi connectivity index (χ4n) is 2.34. The van der Waals surface area contributed by atoms with Crippen LogP contribution < -0.4 is 10.6 Å². The molecule has 0 radical (unpaired) electrons. The maximum absolute atomic E-state index is 8.74. The number of nitrogens with two attached hydrogens (primary N) is 1. The van der Waals surface area contributed by atoms with Crippen LogP contribution in [0.3, 0.4) is 0 Å². The highest BCUT2D eigenvalue weighted by atomic mass is 15.2. The van der Waals surface area contributed by atoms with Gasteiger partial charge in [-0.1, -0.05) is 0 Å². The maximum atomic E-state index is 8.74. The van der Waals surface area contributed by atoms with E-state index >= 15 is 0 Å². The summed E-state index contributed by atoms with van der Waals surface area (Å²) < 4.78 is 0. The Balaban J connectivity index is 1.84. The van der Waals surface area contributed by atoms with Gasteiger partial charge < -0.3 is 10.6 Å². The molecule has 0 amide bonds. The average Bonchev–Trinajstić information content (AvgIpc) is 2.95. The van der Waals surface area contributed by atoms with Crippen molar-refractivity contribution < 1.29 is 0 Å². The van der Waals surface area contributed by atoms with Gasteiger partial charge in [0.15, 0.2) is 0 Å². The van der Waals surface area contributed by atoms with Gasteiger partial charge in [0.2, 0.25) is 0 Å². The van der Waals surface area contributed by atoms with Crippen LogP contribution in [0.25, 0.3) is 0 Å². The number of rotatable bonds is 1.